The molecule has 2 aromatic rings. The first-order valence-corrected chi connectivity index (χ1v) is 8.92. The van der Waals surface area contributed by atoms with Crippen LogP contribution in [0.3, 0.4) is 0 Å². The van der Waals surface area contributed by atoms with E-state index in [-0.39, 0.29) is 27.5 Å². The summed E-state index contributed by atoms with van der Waals surface area (Å²) in [5.41, 5.74) is 0.686. The highest BCUT2D eigenvalue weighted by Gasteiger charge is 2.17. The quantitative estimate of drug-likeness (QED) is 0.624. The molecule has 1 heterocycles. The maximum Gasteiger partial charge on any atom is 0.297 e. The van der Waals surface area contributed by atoms with Crippen LogP contribution < -0.4 is 4.72 Å². The minimum absolute atomic E-state index is 0.0538. The number of thioether (sulfide) groups is 1. The zero-order valence-corrected chi connectivity index (χ0v) is 13.7. The van der Waals surface area contributed by atoms with E-state index >= 15 is 0 Å². The monoisotopic (exact) mass is 351 g/mol. The van der Waals surface area contributed by atoms with Crippen LogP contribution in [0.2, 0.25) is 0 Å². The molecule has 0 fully saturated rings. The van der Waals surface area contributed by atoms with E-state index in [0.29, 0.717) is 5.56 Å². The summed E-state index contributed by atoms with van der Waals surface area (Å²) in [6, 6.07) is 7.43. The second-order valence-electron chi connectivity index (χ2n) is 4.42. The standard InChI is InChI=1S/C14H13N3O4S2/c1-10(18)22-9-13(19)11-3-5-12(6-4-11)17-23(20,21)14-15-7-2-8-16-14/h2-8,17H,9H2,1H3. The van der Waals surface area contributed by atoms with Crippen molar-refractivity contribution in [2.24, 2.45) is 0 Å². The number of rotatable bonds is 6. The summed E-state index contributed by atoms with van der Waals surface area (Å²) in [4.78, 5) is 30.0. The first-order valence-electron chi connectivity index (χ1n) is 6.45. The molecule has 0 unspecified atom stereocenters. The van der Waals surface area contributed by atoms with E-state index in [1.54, 1.807) is 0 Å². The molecule has 7 nitrogen and oxygen atoms in total. The number of carbonyl (C=O) groups excluding carboxylic acids is 2. The fourth-order valence-corrected chi connectivity index (χ4v) is 3.04. The fourth-order valence-electron chi connectivity index (χ4n) is 1.60. The van der Waals surface area contributed by atoms with E-state index < -0.39 is 10.0 Å². The van der Waals surface area contributed by atoms with Gasteiger partial charge in [-0.1, -0.05) is 11.8 Å². The lowest BCUT2D eigenvalue weighted by Crippen LogP contribution is -2.16. The van der Waals surface area contributed by atoms with Crippen LogP contribution in [0.4, 0.5) is 5.69 Å². The lowest BCUT2D eigenvalue weighted by atomic mass is 10.1. The molecule has 0 aliphatic heterocycles. The summed E-state index contributed by atoms with van der Waals surface area (Å²) >= 11 is 0.929. The Morgan fingerprint density at radius 1 is 1.13 bits per heavy atom. The molecule has 2 rings (SSSR count). The Morgan fingerprint density at radius 2 is 1.74 bits per heavy atom. The Labute approximate surface area is 137 Å². The van der Waals surface area contributed by atoms with Gasteiger partial charge in [-0.15, -0.1) is 0 Å². The van der Waals surface area contributed by atoms with Crippen LogP contribution in [0.25, 0.3) is 0 Å². The van der Waals surface area contributed by atoms with E-state index in [9.17, 15) is 18.0 Å². The van der Waals surface area contributed by atoms with Gasteiger partial charge in [0.15, 0.2) is 10.9 Å². The molecule has 1 aromatic carbocycles. The molecule has 23 heavy (non-hydrogen) atoms. The highest BCUT2D eigenvalue weighted by Crippen LogP contribution is 2.15. The molecule has 0 atom stereocenters. The molecular formula is C14H13N3O4S2. The fraction of sp³-hybridized carbons (Fsp3) is 0.143. The van der Waals surface area contributed by atoms with Crippen LogP contribution in [0.1, 0.15) is 17.3 Å². The van der Waals surface area contributed by atoms with Crippen LogP contribution in [0, 0.1) is 0 Å². The Bertz CT molecular complexity index is 806. The molecular weight excluding hydrogens is 338 g/mol. The number of benzene rings is 1. The van der Waals surface area contributed by atoms with Gasteiger partial charge in [-0.2, -0.15) is 8.42 Å². The van der Waals surface area contributed by atoms with Gasteiger partial charge in [0.2, 0.25) is 0 Å². The van der Waals surface area contributed by atoms with E-state index in [0.717, 1.165) is 11.8 Å². The smallest absolute Gasteiger partial charge is 0.293 e. The van der Waals surface area contributed by atoms with Crippen molar-refractivity contribution >= 4 is 38.4 Å². The van der Waals surface area contributed by atoms with Gasteiger partial charge in [-0.25, -0.2) is 9.97 Å². The van der Waals surface area contributed by atoms with E-state index in [4.69, 9.17) is 0 Å². The Kier molecular flexibility index (Phi) is 5.45. The number of hydrogen-bond donors (Lipinski definition) is 1. The molecule has 0 spiro atoms. The summed E-state index contributed by atoms with van der Waals surface area (Å²) in [6.45, 7) is 1.39. The van der Waals surface area contributed by atoms with Gasteiger partial charge in [-0.3, -0.25) is 14.3 Å². The van der Waals surface area contributed by atoms with Crippen molar-refractivity contribution in [1.29, 1.82) is 0 Å². The van der Waals surface area contributed by atoms with Crippen molar-refractivity contribution in [3.63, 3.8) is 0 Å². The van der Waals surface area contributed by atoms with E-state index in [2.05, 4.69) is 14.7 Å². The van der Waals surface area contributed by atoms with Gasteiger partial charge in [0.05, 0.1) is 5.75 Å². The number of sulfonamides is 1. The third-order valence-electron chi connectivity index (χ3n) is 2.65. The molecule has 0 aliphatic rings. The van der Waals surface area contributed by atoms with Crippen LogP contribution >= 0.6 is 11.8 Å². The Balaban J connectivity index is 2.08. The van der Waals surface area contributed by atoms with Crippen molar-refractivity contribution in [3.8, 4) is 0 Å². The summed E-state index contributed by atoms with van der Waals surface area (Å²) < 4.78 is 26.4. The molecule has 1 N–H and O–H groups in total. The van der Waals surface area contributed by atoms with Crippen molar-refractivity contribution in [1.82, 2.24) is 9.97 Å². The second-order valence-corrected chi connectivity index (χ2v) is 7.15. The SMILES string of the molecule is CC(=O)SCC(=O)c1ccc(NS(=O)(=O)c2ncccn2)cc1. The molecule has 0 saturated heterocycles. The second kappa shape index (κ2) is 7.34. The van der Waals surface area contributed by atoms with E-state index in [1.807, 2.05) is 0 Å². The largest absolute Gasteiger partial charge is 0.297 e. The first kappa shape index (κ1) is 17.1. The summed E-state index contributed by atoms with van der Waals surface area (Å²) in [5.74, 6) is -0.149. The molecule has 0 saturated carbocycles. The normalized spacial score (nSPS) is 11.0. The maximum absolute atomic E-state index is 12.1. The number of carbonyl (C=O) groups is 2. The van der Waals surface area contributed by atoms with Gasteiger partial charge < -0.3 is 0 Å². The number of aromatic nitrogens is 2. The van der Waals surface area contributed by atoms with Crippen LogP contribution in [0.5, 0.6) is 0 Å². The van der Waals surface area contributed by atoms with Gasteiger partial charge in [0.25, 0.3) is 15.2 Å². The molecule has 0 bridgehead atoms. The topological polar surface area (TPSA) is 106 Å². The zero-order chi connectivity index (χ0) is 16.9. The maximum atomic E-state index is 12.1. The first-order chi connectivity index (χ1) is 10.9. The van der Waals surface area contributed by atoms with Crippen molar-refractivity contribution < 1.29 is 18.0 Å². The minimum atomic E-state index is -3.87. The van der Waals surface area contributed by atoms with Gasteiger partial charge in [0.1, 0.15) is 0 Å². The number of nitrogens with zero attached hydrogens (tertiary/aromatic N) is 2. The third kappa shape index (κ3) is 4.86. The summed E-state index contributed by atoms with van der Waals surface area (Å²) in [5, 5.41) is -0.469. The number of anilines is 1. The lowest BCUT2D eigenvalue weighted by Gasteiger charge is -2.07. The lowest BCUT2D eigenvalue weighted by molar-refractivity contribution is -0.109. The molecule has 0 aliphatic carbocycles. The molecule has 0 radical (unpaired) electrons. The highest BCUT2D eigenvalue weighted by molar-refractivity contribution is 8.14. The molecule has 1 aromatic heterocycles. The number of ketones is 1. The minimum Gasteiger partial charge on any atom is -0.293 e. The van der Waals surface area contributed by atoms with Crippen LogP contribution in [0.15, 0.2) is 47.9 Å². The third-order valence-corrected chi connectivity index (χ3v) is 4.66. The zero-order valence-electron chi connectivity index (χ0n) is 12.1. The molecule has 0 amide bonds. The number of nitrogens with one attached hydrogen (secondary N) is 1. The highest BCUT2D eigenvalue weighted by atomic mass is 32.2. The van der Waals surface area contributed by atoms with Crippen molar-refractivity contribution in [2.45, 2.75) is 12.1 Å². The molecule has 120 valence electrons. The van der Waals surface area contributed by atoms with Crippen molar-refractivity contribution in [3.05, 3.63) is 48.3 Å². The van der Waals surface area contributed by atoms with Crippen LogP contribution in [-0.2, 0) is 14.8 Å². The molecule has 9 heteroatoms. The average Bonchev–Trinajstić information content (AvgIpc) is 2.54. The van der Waals surface area contributed by atoms with Crippen molar-refractivity contribution in [2.75, 3.05) is 10.5 Å². The average molecular weight is 351 g/mol. The van der Waals surface area contributed by atoms with Gasteiger partial charge in [-0.05, 0) is 30.3 Å². The van der Waals surface area contributed by atoms with Crippen LogP contribution in [-0.4, -0.2) is 35.0 Å². The summed E-state index contributed by atoms with van der Waals surface area (Å²) in [7, 11) is -3.87. The van der Waals surface area contributed by atoms with Gasteiger partial charge in [0, 0.05) is 30.6 Å². The predicted octanol–water partition coefficient (Wildman–Crippen LogP) is 1.74. The van der Waals surface area contributed by atoms with Gasteiger partial charge >= 0.3 is 0 Å². The summed E-state index contributed by atoms with van der Waals surface area (Å²) in [6.07, 6.45) is 2.66. The Morgan fingerprint density at radius 3 is 2.30 bits per heavy atom. The predicted molar refractivity (Wildman–Crippen MR) is 86.8 cm³/mol. The van der Waals surface area contributed by atoms with E-state index in [1.165, 1.54) is 49.6 Å². The number of Topliss-reactive ketones (excluding diaryl/α,β-unsaturated/α-hetero) is 1. The Hall–Kier alpha value is -2.26. The number of hydrogen-bond acceptors (Lipinski definition) is 7.